The van der Waals surface area contributed by atoms with Crippen LogP contribution in [0, 0.1) is 0 Å². The molecule has 1 aromatic carbocycles. The molecular formula is C15H18N2O2. The van der Waals surface area contributed by atoms with Crippen LogP contribution in [0.4, 0.5) is 0 Å². The second kappa shape index (κ2) is 6.87. The van der Waals surface area contributed by atoms with Crippen LogP contribution in [-0.2, 0) is 6.42 Å². The molecule has 0 aliphatic carbocycles. The van der Waals surface area contributed by atoms with Gasteiger partial charge in [-0.05, 0) is 30.2 Å². The lowest BCUT2D eigenvalue weighted by Crippen LogP contribution is -2.20. The van der Waals surface area contributed by atoms with Gasteiger partial charge in [0.15, 0.2) is 6.10 Å². The molecule has 0 radical (unpaired) electrons. The number of nitrogens with two attached hydrogens (primary N) is 1. The molecule has 1 aromatic heterocycles. The number of aliphatic hydroxyl groups excluding tert-OH is 1. The number of ether oxygens (including phenoxy) is 1. The summed E-state index contributed by atoms with van der Waals surface area (Å²) in [5.74, 6) is 0.748. The van der Waals surface area contributed by atoms with E-state index in [-0.39, 0.29) is 12.7 Å². The first kappa shape index (κ1) is 13.5. The van der Waals surface area contributed by atoms with Gasteiger partial charge in [-0.1, -0.05) is 24.3 Å². The number of aromatic nitrogens is 1. The highest BCUT2D eigenvalue weighted by molar-refractivity contribution is 5.34. The van der Waals surface area contributed by atoms with Gasteiger partial charge in [-0.15, -0.1) is 0 Å². The molecule has 3 N–H and O–H groups in total. The highest BCUT2D eigenvalue weighted by Gasteiger charge is 2.14. The molecule has 2 aromatic rings. The Kier molecular flexibility index (Phi) is 4.89. The predicted octanol–water partition coefficient (Wildman–Crippen LogP) is 1.70. The fourth-order valence-electron chi connectivity index (χ4n) is 1.89. The summed E-state index contributed by atoms with van der Waals surface area (Å²) >= 11 is 0. The molecule has 100 valence electrons. The van der Waals surface area contributed by atoms with Crippen LogP contribution in [0.1, 0.15) is 17.4 Å². The third kappa shape index (κ3) is 3.53. The average molecular weight is 258 g/mol. The summed E-state index contributed by atoms with van der Waals surface area (Å²) in [5.41, 5.74) is 7.54. The summed E-state index contributed by atoms with van der Waals surface area (Å²) in [6.07, 6.45) is 2.01. The molecular weight excluding hydrogens is 240 g/mol. The van der Waals surface area contributed by atoms with E-state index in [0.717, 1.165) is 17.0 Å². The first-order chi connectivity index (χ1) is 9.35. The molecule has 0 spiro atoms. The van der Waals surface area contributed by atoms with Crippen molar-refractivity contribution in [3.8, 4) is 5.75 Å². The van der Waals surface area contributed by atoms with Gasteiger partial charge in [-0.25, -0.2) is 0 Å². The maximum absolute atomic E-state index is 9.06. The molecule has 19 heavy (non-hydrogen) atoms. The van der Waals surface area contributed by atoms with Crippen LogP contribution >= 0.6 is 0 Å². The summed E-state index contributed by atoms with van der Waals surface area (Å²) in [6, 6.07) is 13.3. The molecule has 4 heteroatoms. The molecule has 1 atom stereocenters. The molecule has 0 aliphatic heterocycles. The van der Waals surface area contributed by atoms with Gasteiger partial charge in [0.05, 0.1) is 5.69 Å². The SMILES string of the molecule is NCC(Oc1ccccc1CCO)c1ccccn1. The Morgan fingerprint density at radius 3 is 2.63 bits per heavy atom. The van der Waals surface area contributed by atoms with Gasteiger partial charge in [0.2, 0.25) is 0 Å². The fourth-order valence-corrected chi connectivity index (χ4v) is 1.89. The summed E-state index contributed by atoms with van der Waals surface area (Å²) in [4.78, 5) is 4.27. The van der Waals surface area contributed by atoms with E-state index in [2.05, 4.69) is 4.98 Å². The van der Waals surface area contributed by atoms with Crippen molar-refractivity contribution >= 4 is 0 Å². The van der Waals surface area contributed by atoms with Gasteiger partial charge in [0, 0.05) is 19.3 Å². The Morgan fingerprint density at radius 2 is 1.95 bits per heavy atom. The normalized spacial score (nSPS) is 12.1. The van der Waals surface area contributed by atoms with Gasteiger partial charge in [0.1, 0.15) is 5.75 Å². The van der Waals surface area contributed by atoms with Crippen LogP contribution in [0.5, 0.6) is 5.75 Å². The minimum Gasteiger partial charge on any atom is -0.483 e. The van der Waals surface area contributed by atoms with E-state index in [1.54, 1.807) is 6.20 Å². The Bertz CT molecular complexity index is 503. The lowest BCUT2D eigenvalue weighted by molar-refractivity contribution is 0.205. The number of benzene rings is 1. The van der Waals surface area contributed by atoms with Crippen molar-refractivity contribution in [2.75, 3.05) is 13.2 Å². The zero-order valence-electron chi connectivity index (χ0n) is 10.7. The van der Waals surface area contributed by atoms with E-state index in [0.29, 0.717) is 13.0 Å². The zero-order chi connectivity index (χ0) is 13.5. The van der Waals surface area contributed by atoms with Crippen molar-refractivity contribution in [1.82, 2.24) is 4.98 Å². The number of rotatable bonds is 6. The monoisotopic (exact) mass is 258 g/mol. The van der Waals surface area contributed by atoms with E-state index in [1.807, 2.05) is 42.5 Å². The third-order valence-corrected chi connectivity index (χ3v) is 2.85. The van der Waals surface area contributed by atoms with Gasteiger partial charge in [-0.3, -0.25) is 4.98 Å². The number of hydrogen-bond acceptors (Lipinski definition) is 4. The predicted molar refractivity (Wildman–Crippen MR) is 73.9 cm³/mol. The summed E-state index contributed by atoms with van der Waals surface area (Å²) < 4.78 is 5.93. The molecule has 1 heterocycles. The van der Waals surface area contributed by atoms with E-state index in [4.69, 9.17) is 15.6 Å². The second-order valence-electron chi connectivity index (χ2n) is 4.18. The largest absolute Gasteiger partial charge is 0.483 e. The number of aliphatic hydroxyl groups is 1. The lowest BCUT2D eigenvalue weighted by Gasteiger charge is -2.19. The first-order valence-electron chi connectivity index (χ1n) is 6.31. The quantitative estimate of drug-likeness (QED) is 0.827. The highest BCUT2D eigenvalue weighted by atomic mass is 16.5. The van der Waals surface area contributed by atoms with E-state index in [9.17, 15) is 0 Å². The van der Waals surface area contributed by atoms with Crippen molar-refractivity contribution in [1.29, 1.82) is 0 Å². The van der Waals surface area contributed by atoms with Gasteiger partial charge >= 0.3 is 0 Å². The zero-order valence-corrected chi connectivity index (χ0v) is 10.7. The van der Waals surface area contributed by atoms with Crippen LogP contribution in [0.3, 0.4) is 0 Å². The molecule has 0 saturated heterocycles. The summed E-state index contributed by atoms with van der Waals surface area (Å²) in [5, 5.41) is 9.06. The van der Waals surface area contributed by atoms with Crippen molar-refractivity contribution in [2.24, 2.45) is 5.73 Å². The molecule has 2 rings (SSSR count). The number of para-hydroxylation sites is 1. The van der Waals surface area contributed by atoms with E-state index < -0.39 is 0 Å². The highest BCUT2D eigenvalue weighted by Crippen LogP contribution is 2.24. The first-order valence-corrected chi connectivity index (χ1v) is 6.31. The standard InChI is InChI=1S/C15H18N2O2/c16-11-15(13-6-3-4-9-17-13)19-14-7-2-1-5-12(14)8-10-18/h1-7,9,15,18H,8,10-11,16H2. The van der Waals surface area contributed by atoms with Crippen molar-refractivity contribution in [3.05, 3.63) is 59.9 Å². The molecule has 1 unspecified atom stereocenters. The lowest BCUT2D eigenvalue weighted by atomic mass is 10.1. The molecule has 0 fully saturated rings. The minimum atomic E-state index is -0.277. The minimum absolute atomic E-state index is 0.0945. The van der Waals surface area contributed by atoms with Crippen LogP contribution < -0.4 is 10.5 Å². The second-order valence-corrected chi connectivity index (χ2v) is 4.18. The molecule has 0 amide bonds. The number of pyridine rings is 1. The van der Waals surface area contributed by atoms with Crippen LogP contribution in [0.15, 0.2) is 48.7 Å². The Labute approximate surface area is 112 Å². The van der Waals surface area contributed by atoms with Crippen LogP contribution in [0.25, 0.3) is 0 Å². The smallest absolute Gasteiger partial charge is 0.153 e. The van der Waals surface area contributed by atoms with Crippen LogP contribution in [0.2, 0.25) is 0 Å². The molecule has 4 nitrogen and oxygen atoms in total. The van der Waals surface area contributed by atoms with Gasteiger partial charge in [-0.2, -0.15) is 0 Å². The van der Waals surface area contributed by atoms with Crippen molar-refractivity contribution in [2.45, 2.75) is 12.5 Å². The number of nitrogens with zero attached hydrogens (tertiary/aromatic N) is 1. The Morgan fingerprint density at radius 1 is 1.16 bits per heavy atom. The third-order valence-electron chi connectivity index (χ3n) is 2.85. The van der Waals surface area contributed by atoms with Gasteiger partial charge in [0.25, 0.3) is 0 Å². The van der Waals surface area contributed by atoms with E-state index in [1.165, 1.54) is 0 Å². The summed E-state index contributed by atoms with van der Waals surface area (Å²) in [6.45, 7) is 0.446. The Hall–Kier alpha value is -1.91. The molecule has 0 saturated carbocycles. The Balaban J connectivity index is 2.19. The van der Waals surface area contributed by atoms with E-state index >= 15 is 0 Å². The van der Waals surface area contributed by atoms with Crippen molar-refractivity contribution in [3.63, 3.8) is 0 Å². The van der Waals surface area contributed by atoms with Crippen molar-refractivity contribution < 1.29 is 9.84 Å². The maximum Gasteiger partial charge on any atom is 0.153 e. The van der Waals surface area contributed by atoms with Crippen LogP contribution in [-0.4, -0.2) is 23.2 Å². The fraction of sp³-hybridized carbons (Fsp3) is 0.267. The summed E-state index contributed by atoms with van der Waals surface area (Å²) in [7, 11) is 0. The maximum atomic E-state index is 9.06. The molecule has 0 bridgehead atoms. The average Bonchev–Trinajstić information content (AvgIpc) is 2.47. The number of hydrogen-bond donors (Lipinski definition) is 2. The molecule has 0 aliphatic rings. The topological polar surface area (TPSA) is 68.4 Å². The van der Waals surface area contributed by atoms with Gasteiger partial charge < -0.3 is 15.6 Å².